The number of hydrogen-bond donors (Lipinski definition) is 1. The van der Waals surface area contributed by atoms with Crippen LogP contribution in [0.25, 0.3) is 0 Å². The number of carbonyl (C=O) groups is 1. The van der Waals surface area contributed by atoms with Crippen LogP contribution >= 0.6 is 0 Å². The van der Waals surface area contributed by atoms with E-state index in [0.29, 0.717) is 0 Å². The smallest absolute Gasteiger partial charge is 0.382 e. The Morgan fingerprint density at radius 2 is 1.96 bits per heavy atom. The van der Waals surface area contributed by atoms with Gasteiger partial charge in [0.15, 0.2) is 0 Å². The molecule has 7 heteroatoms. The summed E-state index contributed by atoms with van der Waals surface area (Å²) < 4.78 is 44.0. The molecular formula is C17H17F3N2O2. The predicted octanol–water partition coefficient (Wildman–Crippen LogP) is 3.15. The number of benzene rings is 1. The lowest BCUT2D eigenvalue weighted by molar-refractivity contribution is -0.138. The van der Waals surface area contributed by atoms with Gasteiger partial charge in [-0.25, -0.2) is 0 Å². The molecule has 0 spiro atoms. The number of alkyl halides is 3. The van der Waals surface area contributed by atoms with Gasteiger partial charge in [-0.1, -0.05) is 30.3 Å². The maximum absolute atomic E-state index is 13.0. The van der Waals surface area contributed by atoms with Gasteiger partial charge in [0.1, 0.15) is 0 Å². The Labute approximate surface area is 137 Å². The first-order valence-electron chi connectivity index (χ1n) is 7.25. The average Bonchev–Trinajstić information content (AvgIpc) is 2.55. The molecule has 2 aromatic rings. The Kier molecular flexibility index (Phi) is 5.92. The number of hydrogen-bond acceptors (Lipinski definition) is 3. The van der Waals surface area contributed by atoms with Crippen LogP contribution in [0.2, 0.25) is 0 Å². The highest BCUT2D eigenvalue weighted by atomic mass is 19.4. The molecule has 24 heavy (non-hydrogen) atoms. The third kappa shape index (κ3) is 4.79. The van der Waals surface area contributed by atoms with Gasteiger partial charge in [-0.3, -0.25) is 9.78 Å². The van der Waals surface area contributed by atoms with Crippen LogP contribution in [0.3, 0.4) is 0 Å². The molecule has 4 nitrogen and oxygen atoms in total. The highest BCUT2D eigenvalue weighted by Gasteiger charge is 2.33. The average molecular weight is 338 g/mol. The topological polar surface area (TPSA) is 51.2 Å². The van der Waals surface area contributed by atoms with Gasteiger partial charge in [-0.05, 0) is 17.2 Å². The maximum Gasteiger partial charge on any atom is 0.416 e. The lowest BCUT2D eigenvalue weighted by atomic mass is 10.0. The van der Waals surface area contributed by atoms with E-state index in [9.17, 15) is 18.0 Å². The van der Waals surface area contributed by atoms with Crippen molar-refractivity contribution in [2.24, 2.45) is 0 Å². The molecule has 0 fully saturated rings. The Morgan fingerprint density at radius 1 is 1.25 bits per heavy atom. The summed E-state index contributed by atoms with van der Waals surface area (Å²) in [6.45, 7) is 0.217. The third-order valence-electron chi connectivity index (χ3n) is 3.43. The highest BCUT2D eigenvalue weighted by molar-refractivity contribution is 5.79. The molecule has 0 aliphatic carbocycles. The van der Waals surface area contributed by atoms with Crippen molar-refractivity contribution < 1.29 is 22.7 Å². The van der Waals surface area contributed by atoms with Crippen molar-refractivity contribution in [1.82, 2.24) is 10.3 Å². The van der Waals surface area contributed by atoms with Crippen LogP contribution in [0.15, 0.2) is 48.8 Å². The summed E-state index contributed by atoms with van der Waals surface area (Å²) in [6, 6.07) is 9.52. The van der Waals surface area contributed by atoms with Gasteiger partial charge >= 0.3 is 6.18 Å². The first-order valence-corrected chi connectivity index (χ1v) is 7.25. The van der Waals surface area contributed by atoms with E-state index in [0.717, 1.165) is 24.0 Å². The number of carbonyl (C=O) groups excluding carboxylic acids is 1. The Balaban J connectivity index is 2.12. The second-order valence-electron chi connectivity index (χ2n) is 5.19. The molecule has 0 aliphatic rings. The second kappa shape index (κ2) is 7.92. The zero-order chi connectivity index (χ0) is 17.6. The molecule has 0 saturated carbocycles. The summed E-state index contributed by atoms with van der Waals surface area (Å²) in [6.07, 6.45) is -2.81. The first kappa shape index (κ1) is 17.9. The van der Waals surface area contributed by atoms with Gasteiger partial charge in [0, 0.05) is 19.5 Å². The number of halogens is 3. The monoisotopic (exact) mass is 338 g/mol. The van der Waals surface area contributed by atoms with E-state index >= 15 is 0 Å². The number of pyridine rings is 1. The summed E-state index contributed by atoms with van der Waals surface area (Å²) >= 11 is 0. The summed E-state index contributed by atoms with van der Waals surface area (Å²) in [7, 11) is 1.49. The molecule has 1 unspecified atom stereocenters. The minimum Gasteiger partial charge on any atom is -0.382 e. The number of nitrogens with zero attached hydrogens (tertiary/aromatic N) is 1. The summed E-state index contributed by atoms with van der Waals surface area (Å²) in [5, 5.41) is 2.70. The molecule has 128 valence electrons. The van der Waals surface area contributed by atoms with Crippen LogP contribution in [0.4, 0.5) is 13.2 Å². The first-order chi connectivity index (χ1) is 11.4. The number of nitrogens with one attached hydrogen (secondary N) is 1. The van der Waals surface area contributed by atoms with Gasteiger partial charge in [0.05, 0.1) is 24.6 Å². The van der Waals surface area contributed by atoms with Gasteiger partial charge in [-0.2, -0.15) is 13.2 Å². The van der Waals surface area contributed by atoms with Crippen LogP contribution in [0.1, 0.15) is 22.7 Å². The van der Waals surface area contributed by atoms with Crippen molar-refractivity contribution >= 4 is 5.91 Å². The summed E-state index contributed by atoms with van der Waals surface area (Å²) in [4.78, 5) is 15.9. The molecule has 1 heterocycles. The lowest BCUT2D eigenvalue weighted by Crippen LogP contribution is -2.33. The quantitative estimate of drug-likeness (QED) is 0.880. The number of aromatic nitrogens is 1. The Morgan fingerprint density at radius 3 is 2.58 bits per heavy atom. The fraction of sp³-hybridized carbons (Fsp3) is 0.294. The highest BCUT2D eigenvalue weighted by Crippen LogP contribution is 2.31. The lowest BCUT2D eigenvalue weighted by Gasteiger charge is -2.19. The largest absolute Gasteiger partial charge is 0.416 e. The van der Waals surface area contributed by atoms with Crippen LogP contribution in [-0.2, 0) is 22.1 Å². The minimum absolute atomic E-state index is 0.160. The van der Waals surface area contributed by atoms with Crippen molar-refractivity contribution in [3.05, 3.63) is 65.5 Å². The minimum atomic E-state index is -4.52. The number of rotatable bonds is 6. The van der Waals surface area contributed by atoms with Crippen molar-refractivity contribution in [1.29, 1.82) is 0 Å². The zero-order valence-corrected chi connectivity index (χ0v) is 13.0. The second-order valence-corrected chi connectivity index (χ2v) is 5.19. The third-order valence-corrected chi connectivity index (χ3v) is 3.43. The SMILES string of the molecule is COCC(NC(=O)Cc1cnccc1C(F)(F)F)c1ccccc1. The van der Waals surface area contributed by atoms with E-state index in [4.69, 9.17) is 4.74 Å². The van der Waals surface area contributed by atoms with E-state index < -0.39 is 30.1 Å². The molecule has 0 radical (unpaired) electrons. The van der Waals surface area contributed by atoms with E-state index in [1.54, 1.807) is 0 Å². The van der Waals surface area contributed by atoms with Crippen LogP contribution in [-0.4, -0.2) is 24.6 Å². The molecule has 1 amide bonds. The fourth-order valence-electron chi connectivity index (χ4n) is 2.34. The van der Waals surface area contributed by atoms with Gasteiger partial charge < -0.3 is 10.1 Å². The molecule has 0 saturated heterocycles. The summed E-state index contributed by atoms with van der Waals surface area (Å²) in [5.74, 6) is -0.528. The molecule has 1 atom stereocenters. The van der Waals surface area contributed by atoms with Gasteiger partial charge in [-0.15, -0.1) is 0 Å². The van der Waals surface area contributed by atoms with E-state index in [2.05, 4.69) is 10.3 Å². The van der Waals surface area contributed by atoms with Crippen molar-refractivity contribution in [3.63, 3.8) is 0 Å². The van der Waals surface area contributed by atoms with E-state index in [1.165, 1.54) is 7.11 Å². The molecule has 1 aromatic carbocycles. The predicted molar refractivity (Wildman–Crippen MR) is 82.1 cm³/mol. The standard InChI is InChI=1S/C17H17F3N2O2/c1-24-11-15(12-5-3-2-4-6-12)22-16(23)9-13-10-21-8-7-14(13)17(18,19)20/h2-8,10,15H,9,11H2,1H3,(H,22,23). The maximum atomic E-state index is 13.0. The molecule has 0 bridgehead atoms. The summed E-state index contributed by atoms with van der Waals surface area (Å²) in [5.41, 5.74) is -0.197. The van der Waals surface area contributed by atoms with Crippen molar-refractivity contribution in [2.45, 2.75) is 18.6 Å². The zero-order valence-electron chi connectivity index (χ0n) is 13.0. The van der Waals surface area contributed by atoms with Crippen LogP contribution in [0, 0.1) is 0 Å². The Hall–Kier alpha value is -2.41. The van der Waals surface area contributed by atoms with Gasteiger partial charge in [0.25, 0.3) is 0 Å². The van der Waals surface area contributed by atoms with E-state index in [-0.39, 0.29) is 12.2 Å². The van der Waals surface area contributed by atoms with E-state index in [1.807, 2.05) is 30.3 Å². The van der Waals surface area contributed by atoms with Crippen molar-refractivity contribution in [3.8, 4) is 0 Å². The molecular weight excluding hydrogens is 321 g/mol. The Bertz CT molecular complexity index is 675. The molecule has 2 rings (SSSR count). The normalized spacial score (nSPS) is 12.7. The number of methoxy groups -OCH3 is 1. The van der Waals surface area contributed by atoms with Crippen LogP contribution in [0.5, 0.6) is 0 Å². The molecule has 0 aliphatic heterocycles. The number of ether oxygens (including phenoxy) is 1. The van der Waals surface area contributed by atoms with Gasteiger partial charge in [0.2, 0.25) is 5.91 Å². The van der Waals surface area contributed by atoms with Crippen molar-refractivity contribution in [2.75, 3.05) is 13.7 Å². The van der Waals surface area contributed by atoms with Crippen LogP contribution < -0.4 is 5.32 Å². The fourth-order valence-corrected chi connectivity index (χ4v) is 2.34. The molecule has 1 aromatic heterocycles. The molecule has 1 N–H and O–H groups in total. The number of amides is 1.